The first-order chi connectivity index (χ1) is 5.43. The molecule has 0 aliphatic heterocycles. The van der Waals surface area contributed by atoms with Crippen LogP contribution in [0, 0.1) is 5.41 Å². The van der Waals surface area contributed by atoms with Crippen LogP contribution in [0.2, 0.25) is 0 Å². The van der Waals surface area contributed by atoms with Gasteiger partial charge in [0.25, 0.3) is 0 Å². The topological polar surface area (TPSA) is 35.2 Å². The van der Waals surface area contributed by atoms with Crippen LogP contribution < -0.4 is 5.73 Å². The summed E-state index contributed by atoms with van der Waals surface area (Å²) in [5.74, 6) is 0. The number of methoxy groups -OCH3 is 1. The number of hydrogen-bond acceptors (Lipinski definition) is 2. The molecule has 0 amide bonds. The predicted molar refractivity (Wildman–Crippen MR) is 53.1 cm³/mol. The van der Waals surface area contributed by atoms with Crippen molar-refractivity contribution < 1.29 is 4.74 Å². The van der Waals surface area contributed by atoms with E-state index in [1.165, 1.54) is 0 Å². The second-order valence-corrected chi connectivity index (χ2v) is 4.47. The molecule has 2 atom stereocenters. The van der Waals surface area contributed by atoms with Crippen molar-refractivity contribution in [2.75, 3.05) is 7.11 Å². The zero-order chi connectivity index (χ0) is 9.78. The second kappa shape index (κ2) is 4.83. The molecule has 0 heterocycles. The van der Waals surface area contributed by atoms with Crippen LogP contribution >= 0.6 is 0 Å². The fourth-order valence-corrected chi connectivity index (χ4v) is 1.66. The number of nitrogens with two attached hydrogens (primary N) is 1. The maximum absolute atomic E-state index is 6.00. The molecule has 0 aliphatic rings. The summed E-state index contributed by atoms with van der Waals surface area (Å²) < 4.78 is 5.40. The highest BCUT2D eigenvalue weighted by molar-refractivity contribution is 4.83. The highest BCUT2D eigenvalue weighted by Gasteiger charge is 2.29. The molecule has 2 heteroatoms. The van der Waals surface area contributed by atoms with Gasteiger partial charge in [-0.2, -0.15) is 0 Å². The van der Waals surface area contributed by atoms with Crippen LogP contribution in [0.1, 0.15) is 40.5 Å². The van der Waals surface area contributed by atoms with Gasteiger partial charge in [-0.1, -0.05) is 34.1 Å². The van der Waals surface area contributed by atoms with Gasteiger partial charge in [0.1, 0.15) is 0 Å². The maximum Gasteiger partial charge on any atom is 0.0770 e. The molecule has 2 nitrogen and oxygen atoms in total. The fraction of sp³-hybridized carbons (Fsp3) is 1.00. The summed E-state index contributed by atoms with van der Waals surface area (Å²) in [5.41, 5.74) is 6.14. The van der Waals surface area contributed by atoms with Crippen molar-refractivity contribution in [1.82, 2.24) is 0 Å². The fourth-order valence-electron chi connectivity index (χ4n) is 1.66. The van der Waals surface area contributed by atoms with Crippen LogP contribution in [-0.2, 0) is 4.74 Å². The third kappa shape index (κ3) is 3.55. The summed E-state index contributed by atoms with van der Waals surface area (Å²) in [6.07, 6.45) is 2.32. The molecule has 0 saturated heterocycles. The Kier molecular flexibility index (Phi) is 4.80. The minimum atomic E-state index is 0.142. The van der Waals surface area contributed by atoms with Crippen molar-refractivity contribution >= 4 is 0 Å². The summed E-state index contributed by atoms with van der Waals surface area (Å²) in [6, 6.07) is 0.167. The van der Waals surface area contributed by atoms with E-state index >= 15 is 0 Å². The first kappa shape index (κ1) is 11.9. The normalized spacial score (nSPS) is 17.5. The molecule has 0 saturated carbocycles. The van der Waals surface area contributed by atoms with Crippen molar-refractivity contribution in [2.45, 2.75) is 52.7 Å². The monoisotopic (exact) mass is 173 g/mol. The summed E-state index contributed by atoms with van der Waals surface area (Å²) in [5, 5.41) is 0. The average Bonchev–Trinajstić information content (AvgIpc) is 1.85. The van der Waals surface area contributed by atoms with Crippen molar-refractivity contribution in [3.05, 3.63) is 0 Å². The Labute approximate surface area is 76.5 Å². The lowest BCUT2D eigenvalue weighted by molar-refractivity contribution is -0.00369. The third-order valence-electron chi connectivity index (χ3n) is 2.12. The van der Waals surface area contributed by atoms with E-state index in [1.54, 1.807) is 7.11 Å². The molecule has 0 rings (SSSR count). The lowest BCUT2D eigenvalue weighted by atomic mass is 9.83. The Hall–Kier alpha value is -0.0800. The first-order valence-electron chi connectivity index (χ1n) is 4.71. The standard InChI is InChI=1S/C10H23NO/c1-6-7-8(11)9(12-5)10(2,3)4/h8-9H,6-7,11H2,1-5H3. The van der Waals surface area contributed by atoms with E-state index in [0.29, 0.717) is 0 Å². The van der Waals surface area contributed by atoms with Crippen LogP contribution in [0.15, 0.2) is 0 Å². The van der Waals surface area contributed by atoms with Gasteiger partial charge in [-0.05, 0) is 11.8 Å². The molecule has 2 unspecified atom stereocenters. The van der Waals surface area contributed by atoms with Gasteiger partial charge in [-0.3, -0.25) is 0 Å². The molecule has 12 heavy (non-hydrogen) atoms. The van der Waals surface area contributed by atoms with Crippen LogP contribution in [0.3, 0.4) is 0 Å². The lowest BCUT2D eigenvalue weighted by Gasteiger charge is -2.33. The summed E-state index contributed by atoms with van der Waals surface area (Å²) >= 11 is 0. The molecule has 0 aromatic carbocycles. The average molecular weight is 173 g/mol. The largest absolute Gasteiger partial charge is 0.379 e. The second-order valence-electron chi connectivity index (χ2n) is 4.47. The Morgan fingerprint density at radius 2 is 1.83 bits per heavy atom. The van der Waals surface area contributed by atoms with E-state index in [9.17, 15) is 0 Å². The zero-order valence-corrected chi connectivity index (χ0v) is 9.05. The van der Waals surface area contributed by atoms with Crippen LogP contribution in [-0.4, -0.2) is 19.3 Å². The van der Waals surface area contributed by atoms with Gasteiger partial charge in [-0.15, -0.1) is 0 Å². The van der Waals surface area contributed by atoms with Gasteiger partial charge in [0.15, 0.2) is 0 Å². The Balaban J connectivity index is 4.14. The number of rotatable bonds is 4. The van der Waals surface area contributed by atoms with E-state index in [0.717, 1.165) is 12.8 Å². The Morgan fingerprint density at radius 3 is 2.08 bits per heavy atom. The Morgan fingerprint density at radius 1 is 1.33 bits per heavy atom. The molecule has 0 aromatic rings. The van der Waals surface area contributed by atoms with Crippen LogP contribution in [0.25, 0.3) is 0 Å². The minimum Gasteiger partial charge on any atom is -0.379 e. The van der Waals surface area contributed by atoms with Gasteiger partial charge in [0.05, 0.1) is 6.10 Å². The molecule has 2 N–H and O–H groups in total. The molecule has 0 aromatic heterocycles. The smallest absolute Gasteiger partial charge is 0.0770 e. The third-order valence-corrected chi connectivity index (χ3v) is 2.12. The van der Waals surface area contributed by atoms with Gasteiger partial charge >= 0.3 is 0 Å². The molecule has 0 fully saturated rings. The maximum atomic E-state index is 6.00. The molecule has 0 radical (unpaired) electrons. The molecule has 0 spiro atoms. The molecule has 0 aliphatic carbocycles. The molecule has 0 bridgehead atoms. The van der Waals surface area contributed by atoms with Crippen molar-refractivity contribution in [1.29, 1.82) is 0 Å². The van der Waals surface area contributed by atoms with E-state index < -0.39 is 0 Å². The summed E-state index contributed by atoms with van der Waals surface area (Å²) in [4.78, 5) is 0. The van der Waals surface area contributed by atoms with E-state index in [4.69, 9.17) is 10.5 Å². The van der Waals surface area contributed by atoms with Gasteiger partial charge in [-0.25, -0.2) is 0 Å². The number of hydrogen-bond donors (Lipinski definition) is 1. The zero-order valence-electron chi connectivity index (χ0n) is 9.05. The van der Waals surface area contributed by atoms with Crippen molar-refractivity contribution in [3.8, 4) is 0 Å². The quantitative estimate of drug-likeness (QED) is 0.707. The minimum absolute atomic E-state index is 0.142. The van der Waals surface area contributed by atoms with Crippen molar-refractivity contribution in [2.24, 2.45) is 11.1 Å². The highest BCUT2D eigenvalue weighted by Crippen LogP contribution is 2.25. The Bertz CT molecular complexity index is 117. The van der Waals surface area contributed by atoms with Crippen LogP contribution in [0.4, 0.5) is 0 Å². The molecular weight excluding hydrogens is 150 g/mol. The van der Waals surface area contributed by atoms with Gasteiger partial charge < -0.3 is 10.5 Å². The van der Waals surface area contributed by atoms with Gasteiger partial charge in [0, 0.05) is 13.2 Å². The van der Waals surface area contributed by atoms with Gasteiger partial charge in [0.2, 0.25) is 0 Å². The number of ether oxygens (including phenoxy) is 1. The molecular formula is C10H23NO. The first-order valence-corrected chi connectivity index (χ1v) is 4.71. The van der Waals surface area contributed by atoms with E-state index in [1.807, 2.05) is 0 Å². The van der Waals surface area contributed by atoms with Crippen LogP contribution in [0.5, 0.6) is 0 Å². The summed E-state index contributed by atoms with van der Waals surface area (Å²) in [6.45, 7) is 8.64. The van der Waals surface area contributed by atoms with E-state index in [-0.39, 0.29) is 17.6 Å². The van der Waals surface area contributed by atoms with E-state index in [2.05, 4.69) is 27.7 Å². The highest BCUT2D eigenvalue weighted by atomic mass is 16.5. The van der Waals surface area contributed by atoms with Crippen molar-refractivity contribution in [3.63, 3.8) is 0 Å². The molecule has 74 valence electrons. The predicted octanol–water partition coefficient (Wildman–Crippen LogP) is 2.17. The summed E-state index contributed by atoms with van der Waals surface area (Å²) in [7, 11) is 1.74. The lowest BCUT2D eigenvalue weighted by Crippen LogP contribution is -2.44. The SMILES string of the molecule is CCCC(N)C(OC)C(C)(C)C.